The highest BCUT2D eigenvalue weighted by Gasteiger charge is 2.82. The van der Waals surface area contributed by atoms with Crippen LogP contribution in [0.25, 0.3) is 0 Å². The lowest BCUT2D eigenvalue weighted by Gasteiger charge is -2.63. The summed E-state index contributed by atoms with van der Waals surface area (Å²) in [5.74, 6) is -0.569. The van der Waals surface area contributed by atoms with Gasteiger partial charge in [0.15, 0.2) is 5.78 Å². The fourth-order valence-corrected chi connectivity index (χ4v) is 13.5. The summed E-state index contributed by atoms with van der Waals surface area (Å²) >= 11 is 1.84. The van der Waals surface area contributed by atoms with Crippen LogP contribution in [0.3, 0.4) is 0 Å². The predicted molar refractivity (Wildman–Crippen MR) is 185 cm³/mol. The highest BCUT2D eigenvalue weighted by atomic mass is 32.2. The maximum Gasteiger partial charge on any atom is 0.334 e. The third-order valence-electron chi connectivity index (χ3n) is 15.3. The standard InChI is InChI=1S/C38H52N2O10S/c1-20-21(18-48-29(42)10-6-5-8-25-30-24(19-51-25)39-32(44)40-30)16-27(49-31(20)43)35(4,45)38(47)15-14-36(46)23-17-28-37(50-28)12-7-9-26(41)34(37,3)22(23)11-13-33(36,38)2/h7,9,22-25,27-28,30,45-47H,5-6,8,10-19H2,1-4H3,(H2,39,40,44)/t22-,23+,24?,25?,27?,28+,30?,33-,34-,35-,36+,37+,38-/m0/s1. The first-order valence-corrected chi connectivity index (χ1v) is 19.9. The first-order chi connectivity index (χ1) is 24.0. The van der Waals surface area contributed by atoms with Gasteiger partial charge in [0.1, 0.15) is 29.5 Å². The number of thioether (sulfide) groups is 1. The van der Waals surface area contributed by atoms with Crippen LogP contribution in [0.5, 0.6) is 0 Å². The third-order valence-corrected chi connectivity index (χ3v) is 16.9. The average Bonchev–Trinajstić information content (AvgIpc) is 3.37. The zero-order chi connectivity index (χ0) is 36.4. The van der Waals surface area contributed by atoms with Crippen molar-refractivity contribution in [2.75, 3.05) is 12.4 Å². The van der Waals surface area contributed by atoms with Gasteiger partial charge in [-0.3, -0.25) is 9.59 Å². The van der Waals surface area contributed by atoms with Crippen molar-refractivity contribution in [2.24, 2.45) is 22.7 Å². The van der Waals surface area contributed by atoms with Crippen LogP contribution in [0.4, 0.5) is 4.79 Å². The zero-order valence-corrected chi connectivity index (χ0v) is 30.8. The van der Waals surface area contributed by atoms with E-state index in [2.05, 4.69) is 10.6 Å². The predicted octanol–water partition coefficient (Wildman–Crippen LogP) is 3.00. The molecule has 12 nitrogen and oxygen atoms in total. The van der Waals surface area contributed by atoms with E-state index in [4.69, 9.17) is 14.2 Å². The first kappa shape index (κ1) is 35.6. The summed E-state index contributed by atoms with van der Waals surface area (Å²) in [5, 5.41) is 44.0. The van der Waals surface area contributed by atoms with E-state index >= 15 is 0 Å². The molecule has 51 heavy (non-hydrogen) atoms. The molecule has 3 saturated carbocycles. The molecule has 0 aromatic heterocycles. The molecule has 0 aromatic rings. The fraction of sp³-hybridized carbons (Fsp3) is 0.789. The molecule has 0 aromatic carbocycles. The first-order valence-electron chi connectivity index (χ1n) is 18.8. The number of aliphatic hydroxyl groups is 3. The van der Waals surface area contributed by atoms with Crippen LogP contribution in [0.15, 0.2) is 23.3 Å². The number of hydrogen-bond donors (Lipinski definition) is 5. The Morgan fingerprint density at radius 2 is 1.90 bits per heavy atom. The van der Waals surface area contributed by atoms with Crippen LogP contribution < -0.4 is 10.6 Å². The Labute approximate surface area is 302 Å². The largest absolute Gasteiger partial charge is 0.461 e. The summed E-state index contributed by atoms with van der Waals surface area (Å²) < 4.78 is 17.7. The molecule has 4 heterocycles. The SMILES string of the molecule is CC1=C(COC(=O)CCCCC2SCC3NC(=O)NC32)CC([C@](C)(O)[C@]2(O)CC[C@@]3(O)[C@@H]4C[C@H]5O[C@]56CC=CC(=O)[C@]6(C)[C@H]4CC[C@]23C)OC1=O. The monoisotopic (exact) mass is 728 g/mol. The number of epoxide rings is 1. The summed E-state index contributed by atoms with van der Waals surface area (Å²) in [4.78, 5) is 51.1. The molecule has 2 amide bonds. The minimum absolute atomic E-state index is 0.0298. The Morgan fingerprint density at radius 3 is 2.69 bits per heavy atom. The number of amides is 2. The lowest BCUT2D eigenvalue weighted by atomic mass is 9.42. The number of carbonyl (C=O) groups is 4. The molecule has 0 bridgehead atoms. The number of urea groups is 1. The molecule has 1 spiro atoms. The molecule has 4 aliphatic carbocycles. The van der Waals surface area contributed by atoms with Crippen molar-refractivity contribution in [3.8, 4) is 0 Å². The number of cyclic esters (lactones) is 1. The average molecular weight is 729 g/mol. The van der Waals surface area contributed by atoms with Gasteiger partial charge in [-0.2, -0.15) is 11.8 Å². The van der Waals surface area contributed by atoms with E-state index in [9.17, 15) is 34.5 Å². The van der Waals surface area contributed by atoms with Gasteiger partial charge in [0.05, 0.1) is 29.2 Å². The molecule has 4 aliphatic heterocycles. The third kappa shape index (κ3) is 4.79. The molecule has 13 heteroatoms. The second-order valence-corrected chi connectivity index (χ2v) is 18.5. The quantitative estimate of drug-likeness (QED) is 0.102. The molecular formula is C38H52N2O10S. The highest BCUT2D eigenvalue weighted by molar-refractivity contribution is 8.00. The number of unbranched alkanes of at least 4 members (excludes halogenated alkanes) is 1. The van der Waals surface area contributed by atoms with Crippen LogP contribution in [-0.4, -0.2) is 103 Å². The van der Waals surface area contributed by atoms with E-state index in [0.29, 0.717) is 48.5 Å². The molecule has 280 valence electrons. The number of rotatable bonds is 9. The normalized spacial score (nSPS) is 47.6. The number of fused-ring (bicyclic) bond motifs is 5. The number of allylic oxidation sites excluding steroid dienone is 1. The van der Waals surface area contributed by atoms with Crippen molar-refractivity contribution < 1.29 is 48.7 Å². The number of esters is 2. The van der Waals surface area contributed by atoms with Gasteiger partial charge in [0, 0.05) is 34.8 Å². The van der Waals surface area contributed by atoms with E-state index < -0.39 is 45.3 Å². The molecule has 5 N–H and O–H groups in total. The fourth-order valence-electron chi connectivity index (χ4n) is 11.9. The maximum absolute atomic E-state index is 13.5. The summed E-state index contributed by atoms with van der Waals surface area (Å²) in [6, 6.07) is 0.167. The van der Waals surface area contributed by atoms with E-state index in [-0.39, 0.29) is 80.1 Å². The highest BCUT2D eigenvalue weighted by Crippen LogP contribution is 2.75. The Balaban J connectivity index is 0.919. The van der Waals surface area contributed by atoms with Gasteiger partial charge < -0.3 is 40.2 Å². The van der Waals surface area contributed by atoms with Crippen LogP contribution >= 0.6 is 11.8 Å². The van der Waals surface area contributed by atoms with Crippen LogP contribution in [0, 0.1) is 22.7 Å². The molecule has 13 atom stereocenters. The minimum Gasteiger partial charge on any atom is -0.461 e. The van der Waals surface area contributed by atoms with Crippen molar-refractivity contribution in [1.29, 1.82) is 0 Å². The van der Waals surface area contributed by atoms with Crippen LogP contribution in [0.2, 0.25) is 0 Å². The van der Waals surface area contributed by atoms with Crippen molar-refractivity contribution in [3.05, 3.63) is 23.3 Å². The van der Waals surface area contributed by atoms with Gasteiger partial charge in [-0.25, -0.2) is 9.59 Å². The van der Waals surface area contributed by atoms with Crippen molar-refractivity contribution in [1.82, 2.24) is 10.6 Å². The topological polar surface area (TPSA) is 184 Å². The number of hydrogen-bond acceptors (Lipinski definition) is 11. The lowest BCUT2D eigenvalue weighted by Crippen LogP contribution is -2.73. The Bertz CT molecular complexity index is 1610. The van der Waals surface area contributed by atoms with E-state index in [0.717, 1.165) is 18.6 Å². The van der Waals surface area contributed by atoms with Crippen LogP contribution in [0.1, 0.15) is 98.3 Å². The number of carbonyl (C=O) groups excluding carboxylic acids is 4. The minimum atomic E-state index is -1.96. The molecular weight excluding hydrogens is 676 g/mol. The van der Waals surface area contributed by atoms with Gasteiger partial charge in [0.2, 0.25) is 0 Å². The lowest BCUT2D eigenvalue weighted by molar-refractivity contribution is -0.282. The second kappa shape index (κ2) is 11.8. The molecule has 3 saturated heterocycles. The van der Waals surface area contributed by atoms with Gasteiger partial charge in [-0.15, -0.1) is 0 Å². The smallest absolute Gasteiger partial charge is 0.334 e. The van der Waals surface area contributed by atoms with Crippen molar-refractivity contribution >= 4 is 35.5 Å². The van der Waals surface area contributed by atoms with Crippen molar-refractivity contribution in [3.63, 3.8) is 0 Å². The Morgan fingerprint density at radius 1 is 1.12 bits per heavy atom. The summed E-state index contributed by atoms with van der Waals surface area (Å²) in [7, 11) is 0. The molecule has 4 unspecified atom stereocenters. The molecule has 8 rings (SSSR count). The van der Waals surface area contributed by atoms with E-state index in [1.54, 1.807) is 13.0 Å². The number of ether oxygens (including phenoxy) is 3. The second-order valence-electron chi connectivity index (χ2n) is 17.3. The molecule has 0 radical (unpaired) electrons. The molecule has 8 aliphatic rings. The summed E-state index contributed by atoms with van der Waals surface area (Å²) in [5.41, 5.74) is -6.81. The van der Waals surface area contributed by atoms with Gasteiger partial charge in [-0.1, -0.05) is 19.4 Å². The Kier molecular flexibility index (Phi) is 8.21. The van der Waals surface area contributed by atoms with E-state index in [1.807, 2.05) is 31.7 Å². The number of ketones is 1. The van der Waals surface area contributed by atoms with Crippen LogP contribution in [-0.2, 0) is 28.6 Å². The Hall–Kier alpha value is -2.45. The van der Waals surface area contributed by atoms with Gasteiger partial charge in [-0.05, 0) is 95.6 Å². The van der Waals surface area contributed by atoms with Gasteiger partial charge in [0.25, 0.3) is 0 Å². The summed E-state index contributed by atoms with van der Waals surface area (Å²) in [6.45, 7) is 6.80. The summed E-state index contributed by atoms with van der Waals surface area (Å²) in [6.07, 6.45) is 7.41. The zero-order valence-electron chi connectivity index (χ0n) is 30.0. The number of nitrogens with one attached hydrogen (secondary N) is 2. The van der Waals surface area contributed by atoms with Gasteiger partial charge >= 0.3 is 18.0 Å². The van der Waals surface area contributed by atoms with Crippen molar-refractivity contribution in [2.45, 2.75) is 150 Å². The molecule has 6 fully saturated rings. The van der Waals surface area contributed by atoms with E-state index in [1.165, 1.54) is 6.92 Å². The maximum atomic E-state index is 13.5.